The summed E-state index contributed by atoms with van der Waals surface area (Å²) in [5.74, 6) is 0.194. The van der Waals surface area contributed by atoms with E-state index in [0.717, 1.165) is 5.56 Å². The molecule has 0 fully saturated rings. The van der Waals surface area contributed by atoms with Crippen LogP contribution in [0.1, 0.15) is 15.9 Å². The van der Waals surface area contributed by atoms with Crippen molar-refractivity contribution in [2.45, 2.75) is 6.92 Å². The number of anilines is 1. The molecule has 0 saturated heterocycles. The van der Waals surface area contributed by atoms with Crippen LogP contribution in [0.5, 0.6) is 0 Å². The molecule has 0 saturated carbocycles. The summed E-state index contributed by atoms with van der Waals surface area (Å²) in [6, 6.07) is 17.8. The molecule has 1 N–H and O–H groups in total. The standard InChI is InChI=1S/C21H14Cl2N2O2/c1-12-3-2-4-13(9-12)20(26)24-15-6-8-19-18(11-15)25-21(27-19)16-10-14(22)5-7-17(16)23/h2-11H,1H3,(H,24,26). The number of halogens is 2. The summed E-state index contributed by atoms with van der Waals surface area (Å²) in [4.78, 5) is 16.9. The minimum atomic E-state index is -0.181. The van der Waals surface area contributed by atoms with Gasteiger partial charge in [0.05, 0.1) is 10.6 Å². The third-order valence-electron chi connectivity index (χ3n) is 4.08. The zero-order valence-corrected chi connectivity index (χ0v) is 15.8. The maximum Gasteiger partial charge on any atom is 0.255 e. The molecule has 4 aromatic rings. The highest BCUT2D eigenvalue weighted by molar-refractivity contribution is 6.35. The fourth-order valence-corrected chi connectivity index (χ4v) is 3.14. The number of aryl methyl sites for hydroxylation is 1. The fourth-order valence-electron chi connectivity index (χ4n) is 2.77. The molecule has 4 nitrogen and oxygen atoms in total. The first-order valence-electron chi connectivity index (χ1n) is 8.23. The highest BCUT2D eigenvalue weighted by Crippen LogP contribution is 2.32. The molecule has 0 bridgehead atoms. The molecule has 1 aromatic heterocycles. The normalized spacial score (nSPS) is 10.9. The molecule has 0 aliphatic carbocycles. The lowest BCUT2D eigenvalue weighted by molar-refractivity contribution is 0.102. The van der Waals surface area contributed by atoms with Gasteiger partial charge in [-0.3, -0.25) is 4.79 Å². The van der Waals surface area contributed by atoms with Crippen LogP contribution in [0.3, 0.4) is 0 Å². The van der Waals surface area contributed by atoms with Gasteiger partial charge in [0.25, 0.3) is 5.91 Å². The van der Waals surface area contributed by atoms with E-state index in [4.69, 9.17) is 27.6 Å². The van der Waals surface area contributed by atoms with Crippen molar-refractivity contribution >= 4 is 45.9 Å². The third kappa shape index (κ3) is 3.68. The fraction of sp³-hybridized carbons (Fsp3) is 0.0476. The molecule has 3 aromatic carbocycles. The number of rotatable bonds is 3. The van der Waals surface area contributed by atoms with Crippen LogP contribution >= 0.6 is 23.2 Å². The van der Waals surface area contributed by atoms with Crippen LogP contribution in [0, 0.1) is 6.92 Å². The number of carbonyl (C=O) groups is 1. The molecule has 1 heterocycles. The van der Waals surface area contributed by atoms with Crippen LogP contribution < -0.4 is 5.32 Å². The number of carbonyl (C=O) groups excluding carboxylic acids is 1. The van der Waals surface area contributed by atoms with Crippen LogP contribution in [0.25, 0.3) is 22.6 Å². The Morgan fingerprint density at radius 2 is 1.89 bits per heavy atom. The lowest BCUT2D eigenvalue weighted by atomic mass is 10.1. The Hall–Kier alpha value is -2.82. The second-order valence-electron chi connectivity index (χ2n) is 6.15. The molecule has 1 amide bonds. The Kier molecular flexibility index (Phi) is 4.60. The van der Waals surface area contributed by atoms with Gasteiger partial charge >= 0.3 is 0 Å². The average Bonchev–Trinajstić information content (AvgIpc) is 3.07. The van der Waals surface area contributed by atoms with Crippen molar-refractivity contribution in [3.63, 3.8) is 0 Å². The molecule has 27 heavy (non-hydrogen) atoms. The minimum Gasteiger partial charge on any atom is -0.436 e. The molecule has 0 aliphatic heterocycles. The van der Waals surface area contributed by atoms with Gasteiger partial charge in [0.1, 0.15) is 5.52 Å². The molecule has 134 valence electrons. The molecule has 6 heteroatoms. The van der Waals surface area contributed by atoms with Crippen molar-refractivity contribution in [1.29, 1.82) is 0 Å². The second kappa shape index (κ2) is 7.06. The minimum absolute atomic E-state index is 0.181. The number of fused-ring (bicyclic) bond motifs is 1. The first-order valence-corrected chi connectivity index (χ1v) is 8.99. The number of oxazole rings is 1. The number of aromatic nitrogens is 1. The van der Waals surface area contributed by atoms with Crippen molar-refractivity contribution in [3.05, 3.63) is 81.8 Å². The largest absolute Gasteiger partial charge is 0.436 e. The van der Waals surface area contributed by atoms with Crippen LogP contribution in [0.2, 0.25) is 10.0 Å². The number of benzene rings is 3. The molecule has 0 radical (unpaired) electrons. The molecule has 0 aliphatic rings. The van der Waals surface area contributed by atoms with Gasteiger partial charge in [-0.1, -0.05) is 40.9 Å². The molecule has 4 rings (SSSR count). The molecule has 0 spiro atoms. The maximum atomic E-state index is 12.4. The van der Waals surface area contributed by atoms with Gasteiger partial charge in [-0.15, -0.1) is 0 Å². The van der Waals surface area contributed by atoms with E-state index in [1.54, 1.807) is 42.5 Å². The Labute approximate surface area is 165 Å². The van der Waals surface area contributed by atoms with Crippen LogP contribution in [-0.2, 0) is 0 Å². The van der Waals surface area contributed by atoms with E-state index in [-0.39, 0.29) is 5.91 Å². The Morgan fingerprint density at radius 1 is 1.04 bits per heavy atom. The lowest BCUT2D eigenvalue weighted by Crippen LogP contribution is -2.11. The van der Waals surface area contributed by atoms with Crippen molar-refractivity contribution in [1.82, 2.24) is 4.98 Å². The van der Waals surface area contributed by atoms with Gasteiger partial charge in [0.2, 0.25) is 5.89 Å². The summed E-state index contributed by atoms with van der Waals surface area (Å²) in [6.07, 6.45) is 0. The number of nitrogens with one attached hydrogen (secondary N) is 1. The van der Waals surface area contributed by atoms with E-state index in [0.29, 0.717) is 43.9 Å². The van der Waals surface area contributed by atoms with E-state index in [1.807, 2.05) is 25.1 Å². The van der Waals surface area contributed by atoms with E-state index in [2.05, 4.69) is 10.3 Å². The molecular weight excluding hydrogens is 383 g/mol. The van der Waals surface area contributed by atoms with Crippen molar-refractivity contribution in [2.75, 3.05) is 5.32 Å². The Morgan fingerprint density at radius 3 is 2.70 bits per heavy atom. The monoisotopic (exact) mass is 396 g/mol. The number of nitrogens with zero attached hydrogens (tertiary/aromatic N) is 1. The van der Waals surface area contributed by atoms with Gasteiger partial charge in [0, 0.05) is 16.3 Å². The van der Waals surface area contributed by atoms with E-state index in [1.165, 1.54) is 0 Å². The lowest BCUT2D eigenvalue weighted by Gasteiger charge is -2.05. The summed E-state index contributed by atoms with van der Waals surface area (Å²) in [5, 5.41) is 3.92. The van der Waals surface area contributed by atoms with Crippen LogP contribution in [0.15, 0.2) is 65.1 Å². The number of hydrogen-bond donors (Lipinski definition) is 1. The zero-order valence-electron chi connectivity index (χ0n) is 14.3. The highest BCUT2D eigenvalue weighted by Gasteiger charge is 2.13. The Bertz CT molecular complexity index is 1170. The quantitative estimate of drug-likeness (QED) is 0.438. The second-order valence-corrected chi connectivity index (χ2v) is 6.99. The van der Waals surface area contributed by atoms with Crippen LogP contribution in [0.4, 0.5) is 5.69 Å². The van der Waals surface area contributed by atoms with E-state index in [9.17, 15) is 4.79 Å². The summed E-state index contributed by atoms with van der Waals surface area (Å²) >= 11 is 12.3. The molecule has 0 unspecified atom stereocenters. The van der Waals surface area contributed by atoms with E-state index < -0.39 is 0 Å². The smallest absolute Gasteiger partial charge is 0.255 e. The zero-order chi connectivity index (χ0) is 19.0. The van der Waals surface area contributed by atoms with Gasteiger partial charge in [0.15, 0.2) is 5.58 Å². The highest BCUT2D eigenvalue weighted by atomic mass is 35.5. The Balaban J connectivity index is 1.65. The SMILES string of the molecule is Cc1cccc(C(=O)Nc2ccc3oc(-c4cc(Cl)ccc4Cl)nc3c2)c1. The maximum absolute atomic E-state index is 12.4. The average molecular weight is 397 g/mol. The topological polar surface area (TPSA) is 55.1 Å². The van der Waals surface area contributed by atoms with Gasteiger partial charge in [-0.2, -0.15) is 0 Å². The van der Waals surface area contributed by atoms with Gasteiger partial charge in [-0.25, -0.2) is 4.98 Å². The van der Waals surface area contributed by atoms with Crippen molar-refractivity contribution in [3.8, 4) is 11.5 Å². The number of hydrogen-bond acceptors (Lipinski definition) is 3. The van der Waals surface area contributed by atoms with Crippen molar-refractivity contribution in [2.24, 2.45) is 0 Å². The van der Waals surface area contributed by atoms with Crippen LogP contribution in [-0.4, -0.2) is 10.9 Å². The van der Waals surface area contributed by atoms with E-state index >= 15 is 0 Å². The predicted octanol–water partition coefficient (Wildman–Crippen LogP) is 6.36. The first kappa shape index (κ1) is 17.6. The summed E-state index contributed by atoms with van der Waals surface area (Å²) < 4.78 is 5.78. The molecular formula is C21H14Cl2N2O2. The summed E-state index contributed by atoms with van der Waals surface area (Å²) in [7, 11) is 0. The predicted molar refractivity (Wildman–Crippen MR) is 109 cm³/mol. The van der Waals surface area contributed by atoms with Gasteiger partial charge in [-0.05, 0) is 55.5 Å². The van der Waals surface area contributed by atoms with Crippen molar-refractivity contribution < 1.29 is 9.21 Å². The van der Waals surface area contributed by atoms with Gasteiger partial charge < -0.3 is 9.73 Å². The summed E-state index contributed by atoms with van der Waals surface area (Å²) in [6.45, 7) is 1.95. The first-order chi connectivity index (χ1) is 13.0. The number of amides is 1. The molecule has 0 atom stereocenters. The summed E-state index contributed by atoms with van der Waals surface area (Å²) in [5.41, 5.74) is 4.08. The third-order valence-corrected chi connectivity index (χ3v) is 4.65.